The molecule has 0 saturated carbocycles. The van der Waals surface area contributed by atoms with Crippen molar-refractivity contribution in [2.75, 3.05) is 0 Å². The van der Waals surface area contributed by atoms with Crippen LogP contribution in [0.2, 0.25) is 6.55 Å². The molecule has 0 N–H and O–H groups in total. The quantitative estimate of drug-likeness (QED) is 0.292. The number of hydrogen-bond donors (Lipinski definition) is 0. The second-order valence-electron chi connectivity index (χ2n) is 0.458. The van der Waals surface area contributed by atoms with Crippen LogP contribution in [-0.4, -0.2) is 9.68 Å². The molecular formula is CH5N2Si. The van der Waals surface area contributed by atoms with Crippen LogP contribution in [-0.2, 0) is 0 Å². The molecule has 0 saturated heterocycles. The van der Waals surface area contributed by atoms with Crippen LogP contribution in [0.25, 0.3) is 0 Å². The van der Waals surface area contributed by atoms with Gasteiger partial charge < -0.3 is 0 Å². The first kappa shape index (κ1) is 3.82. The van der Waals surface area contributed by atoms with E-state index in [0.29, 0.717) is 0 Å². The largest absolute Gasteiger partial charge is 0.221 e. The molecule has 0 aliphatic carbocycles. The molecule has 0 aliphatic heterocycles. The third kappa shape index (κ3) is 1.82. The summed E-state index contributed by atoms with van der Waals surface area (Å²) in [4.78, 5) is 0. The highest BCUT2D eigenvalue weighted by Gasteiger charge is 1.52. The van der Waals surface area contributed by atoms with Crippen LogP contribution in [0.3, 0.4) is 0 Å². The van der Waals surface area contributed by atoms with Gasteiger partial charge in [0.1, 0.15) is 0 Å². The van der Waals surface area contributed by atoms with Crippen molar-refractivity contribution in [3.05, 3.63) is 0 Å². The van der Waals surface area contributed by atoms with Crippen molar-refractivity contribution >= 4 is 9.68 Å². The molecule has 0 aromatic heterocycles. The van der Waals surface area contributed by atoms with Gasteiger partial charge in [0.25, 0.3) is 0 Å². The lowest BCUT2D eigenvalue weighted by Gasteiger charge is -1.53. The fourth-order valence-corrected chi connectivity index (χ4v) is 0. The molecule has 4 heavy (non-hydrogen) atoms. The molecular weight excluding hydrogens is 68.1 g/mol. The Bertz CT molecular complexity index is 20.0. The molecule has 0 heterocycles. The normalized spacial score (nSPS) is 9.25. The van der Waals surface area contributed by atoms with Crippen LogP contribution in [0.1, 0.15) is 0 Å². The van der Waals surface area contributed by atoms with Gasteiger partial charge >= 0.3 is 0 Å². The minimum atomic E-state index is -0.395. The minimum Gasteiger partial charge on any atom is -0.221 e. The SMILES string of the molecule is C[SiH2]N=[N]. The fourth-order valence-electron chi connectivity index (χ4n) is 0. The number of rotatable bonds is 1. The first-order chi connectivity index (χ1) is 1.91. The zero-order valence-electron chi connectivity index (χ0n) is 2.60. The van der Waals surface area contributed by atoms with Crippen molar-refractivity contribution in [1.82, 2.24) is 5.53 Å². The molecule has 0 fully saturated rings. The van der Waals surface area contributed by atoms with Crippen molar-refractivity contribution in [3.8, 4) is 0 Å². The van der Waals surface area contributed by atoms with Gasteiger partial charge in [-0.15, -0.1) is 0 Å². The lowest BCUT2D eigenvalue weighted by Crippen LogP contribution is -1.64. The maximum Gasteiger partial charge on any atom is 0.178 e. The molecule has 1 radical (unpaired) electrons. The second-order valence-corrected chi connectivity index (χ2v) is 1.37. The maximum absolute atomic E-state index is 7.56. The Hall–Kier alpha value is -0.183. The Morgan fingerprint density at radius 1 is 2.00 bits per heavy atom. The second kappa shape index (κ2) is 2.82. The summed E-state index contributed by atoms with van der Waals surface area (Å²) in [5, 5.41) is 0. The van der Waals surface area contributed by atoms with Crippen molar-refractivity contribution in [1.29, 1.82) is 0 Å². The van der Waals surface area contributed by atoms with Crippen LogP contribution < -0.4 is 5.53 Å². The van der Waals surface area contributed by atoms with Gasteiger partial charge in [0, 0.05) is 0 Å². The summed E-state index contributed by atoms with van der Waals surface area (Å²) in [6.45, 7) is 1.90. The maximum atomic E-state index is 7.56. The van der Waals surface area contributed by atoms with Gasteiger partial charge in [-0.2, -0.15) is 0 Å². The summed E-state index contributed by atoms with van der Waals surface area (Å²) < 4.78 is 2.88. The highest BCUT2D eigenvalue weighted by molar-refractivity contribution is 6.30. The third-order valence-electron chi connectivity index (χ3n) is 0.141. The lowest BCUT2D eigenvalue weighted by atomic mass is 11.9. The highest BCUT2D eigenvalue weighted by atomic mass is 28.2. The van der Waals surface area contributed by atoms with Crippen molar-refractivity contribution in [3.63, 3.8) is 0 Å². The smallest absolute Gasteiger partial charge is 0.178 e. The molecule has 0 rings (SSSR count). The molecule has 23 valence electrons. The van der Waals surface area contributed by atoms with E-state index < -0.39 is 9.68 Å². The number of hydrogen-bond acceptors (Lipinski definition) is 1. The predicted molar refractivity (Wildman–Crippen MR) is 19.0 cm³/mol. The first-order valence-corrected chi connectivity index (χ1v) is 3.27. The van der Waals surface area contributed by atoms with E-state index in [1.165, 1.54) is 0 Å². The fraction of sp³-hybridized carbons (Fsp3) is 1.00. The van der Waals surface area contributed by atoms with Gasteiger partial charge in [-0.25, -0.2) is 4.78 Å². The summed E-state index contributed by atoms with van der Waals surface area (Å²) in [5.41, 5.74) is 7.56. The van der Waals surface area contributed by atoms with Crippen molar-refractivity contribution in [2.24, 2.45) is 4.78 Å². The molecule has 0 aromatic rings. The molecule has 2 nitrogen and oxygen atoms in total. The Morgan fingerprint density at radius 2 is 2.25 bits per heavy atom. The molecule has 0 spiro atoms. The average molecular weight is 73.2 g/mol. The van der Waals surface area contributed by atoms with Gasteiger partial charge in [0.15, 0.2) is 9.68 Å². The van der Waals surface area contributed by atoms with Crippen LogP contribution >= 0.6 is 0 Å². The van der Waals surface area contributed by atoms with Gasteiger partial charge in [-0.3, -0.25) is 0 Å². The van der Waals surface area contributed by atoms with E-state index in [2.05, 4.69) is 4.78 Å². The lowest BCUT2D eigenvalue weighted by molar-refractivity contribution is 1.43. The van der Waals surface area contributed by atoms with Gasteiger partial charge in [0.05, 0.1) is 0 Å². The van der Waals surface area contributed by atoms with E-state index in [4.69, 9.17) is 5.53 Å². The number of nitrogens with zero attached hydrogens (tertiary/aromatic N) is 2. The predicted octanol–water partition coefficient (Wildman–Crippen LogP) is -0.629. The molecule has 0 bridgehead atoms. The van der Waals surface area contributed by atoms with Crippen molar-refractivity contribution in [2.45, 2.75) is 6.55 Å². The Balaban J connectivity index is 2.30. The molecule has 0 amide bonds. The van der Waals surface area contributed by atoms with Crippen LogP contribution in [0.4, 0.5) is 0 Å². The average Bonchev–Trinajstić information content (AvgIpc) is 1.37. The molecule has 0 atom stereocenters. The highest BCUT2D eigenvalue weighted by Crippen LogP contribution is 1.44. The standard InChI is InChI=1S/CH5N2Si/c1-4-3-2/h4H2,1H3. The van der Waals surface area contributed by atoms with E-state index in [1.807, 2.05) is 6.55 Å². The minimum absolute atomic E-state index is 0.395. The molecule has 3 heteroatoms. The van der Waals surface area contributed by atoms with E-state index in [0.717, 1.165) is 0 Å². The van der Waals surface area contributed by atoms with Crippen molar-refractivity contribution < 1.29 is 0 Å². The summed E-state index contributed by atoms with van der Waals surface area (Å²) in [5.74, 6) is 0. The Labute approximate surface area is 27.6 Å². The Morgan fingerprint density at radius 3 is 2.25 bits per heavy atom. The van der Waals surface area contributed by atoms with Gasteiger partial charge in [-0.05, 0) is 5.53 Å². The zero-order chi connectivity index (χ0) is 3.41. The molecule has 0 aliphatic rings. The summed E-state index contributed by atoms with van der Waals surface area (Å²) in [6.07, 6.45) is 0. The summed E-state index contributed by atoms with van der Waals surface area (Å²) in [6, 6.07) is 0. The summed E-state index contributed by atoms with van der Waals surface area (Å²) >= 11 is 0. The van der Waals surface area contributed by atoms with Crippen LogP contribution in [0.5, 0.6) is 0 Å². The van der Waals surface area contributed by atoms with E-state index >= 15 is 0 Å². The molecule has 0 aromatic carbocycles. The van der Waals surface area contributed by atoms with E-state index in [-0.39, 0.29) is 0 Å². The first-order valence-electron chi connectivity index (χ1n) is 1.22. The van der Waals surface area contributed by atoms with Gasteiger partial charge in [0.2, 0.25) is 0 Å². The van der Waals surface area contributed by atoms with Crippen LogP contribution in [0.15, 0.2) is 4.78 Å². The topological polar surface area (TPSA) is 34.7 Å². The summed E-state index contributed by atoms with van der Waals surface area (Å²) in [7, 11) is -0.395. The third-order valence-corrected chi connectivity index (χ3v) is 0.424. The van der Waals surface area contributed by atoms with E-state index in [9.17, 15) is 0 Å². The van der Waals surface area contributed by atoms with E-state index in [1.54, 1.807) is 0 Å². The monoisotopic (exact) mass is 73.0 g/mol. The zero-order valence-corrected chi connectivity index (χ0v) is 4.02. The van der Waals surface area contributed by atoms with Crippen LogP contribution in [0, 0.1) is 0 Å². The van der Waals surface area contributed by atoms with Gasteiger partial charge in [-0.1, -0.05) is 6.55 Å². The molecule has 0 unspecified atom stereocenters. The Kier molecular flexibility index (Phi) is 2.69.